The number of sulfone groups is 1. The Balaban J connectivity index is 2.86. The third kappa shape index (κ3) is 4.74. The summed E-state index contributed by atoms with van der Waals surface area (Å²) in [6.45, 7) is 4.56. The SMILES string of the molecule is CCC(C)c1nc(N(C)CCS(C)(=O)=O)sc1CO. The topological polar surface area (TPSA) is 70.5 Å². The van der Waals surface area contributed by atoms with Gasteiger partial charge in [-0.15, -0.1) is 0 Å². The van der Waals surface area contributed by atoms with Gasteiger partial charge in [0.25, 0.3) is 0 Å². The Bertz CT molecular complexity index is 511. The number of nitrogens with zero attached hydrogens (tertiary/aromatic N) is 2. The van der Waals surface area contributed by atoms with Crippen molar-refractivity contribution in [2.24, 2.45) is 0 Å². The molecule has 1 aromatic rings. The largest absolute Gasteiger partial charge is 0.391 e. The maximum absolute atomic E-state index is 11.2. The second kappa shape index (κ2) is 6.67. The Labute approximate surface area is 119 Å². The van der Waals surface area contributed by atoms with E-state index in [4.69, 9.17) is 0 Å². The molecule has 0 amide bonds. The Morgan fingerprint density at radius 3 is 2.58 bits per heavy atom. The third-order valence-electron chi connectivity index (χ3n) is 3.06. The van der Waals surface area contributed by atoms with Crippen molar-refractivity contribution in [2.75, 3.05) is 30.5 Å². The van der Waals surface area contributed by atoms with Crippen molar-refractivity contribution in [1.29, 1.82) is 0 Å². The second-order valence-electron chi connectivity index (χ2n) is 4.82. The van der Waals surface area contributed by atoms with Gasteiger partial charge in [0.1, 0.15) is 9.84 Å². The van der Waals surface area contributed by atoms with Gasteiger partial charge in [-0.2, -0.15) is 0 Å². The lowest BCUT2D eigenvalue weighted by molar-refractivity contribution is 0.283. The van der Waals surface area contributed by atoms with E-state index in [-0.39, 0.29) is 12.4 Å². The fourth-order valence-corrected chi connectivity index (χ4v) is 3.24. The van der Waals surface area contributed by atoms with Crippen LogP contribution in [0.15, 0.2) is 0 Å². The molecule has 1 atom stereocenters. The third-order valence-corrected chi connectivity index (χ3v) is 5.16. The van der Waals surface area contributed by atoms with Crippen molar-refractivity contribution in [3.63, 3.8) is 0 Å². The number of anilines is 1. The summed E-state index contributed by atoms with van der Waals surface area (Å²) in [4.78, 5) is 7.24. The molecule has 0 spiro atoms. The fraction of sp³-hybridized carbons (Fsp3) is 0.750. The van der Waals surface area contributed by atoms with Crippen molar-refractivity contribution in [1.82, 2.24) is 4.98 Å². The first kappa shape index (κ1) is 16.4. The molecule has 1 rings (SSSR count). The first-order valence-corrected chi connectivity index (χ1v) is 9.15. The fourth-order valence-electron chi connectivity index (χ4n) is 1.60. The molecule has 0 saturated heterocycles. The van der Waals surface area contributed by atoms with Crippen LogP contribution in [-0.4, -0.2) is 44.1 Å². The Hall–Kier alpha value is -0.660. The number of hydrogen-bond donors (Lipinski definition) is 1. The van der Waals surface area contributed by atoms with Crippen LogP contribution in [-0.2, 0) is 16.4 Å². The second-order valence-corrected chi connectivity index (χ2v) is 8.15. The quantitative estimate of drug-likeness (QED) is 0.829. The van der Waals surface area contributed by atoms with Gasteiger partial charge in [-0.3, -0.25) is 0 Å². The minimum atomic E-state index is -2.97. The maximum Gasteiger partial charge on any atom is 0.185 e. The molecule has 0 fully saturated rings. The van der Waals surface area contributed by atoms with Crippen LogP contribution in [0.5, 0.6) is 0 Å². The molecule has 0 aliphatic heterocycles. The van der Waals surface area contributed by atoms with Gasteiger partial charge >= 0.3 is 0 Å². The first-order chi connectivity index (χ1) is 8.78. The van der Waals surface area contributed by atoms with E-state index in [0.717, 1.165) is 22.1 Å². The molecule has 0 radical (unpaired) electrons. The minimum Gasteiger partial charge on any atom is -0.391 e. The molecular formula is C12H22N2O3S2. The number of aliphatic hydroxyl groups is 1. The van der Waals surface area contributed by atoms with Crippen molar-refractivity contribution < 1.29 is 13.5 Å². The van der Waals surface area contributed by atoms with Gasteiger partial charge in [0.15, 0.2) is 5.13 Å². The number of hydrogen-bond acceptors (Lipinski definition) is 6. The van der Waals surface area contributed by atoms with E-state index < -0.39 is 9.84 Å². The normalized spacial score (nSPS) is 13.5. The molecular weight excluding hydrogens is 284 g/mol. The van der Waals surface area contributed by atoms with Crippen LogP contribution in [0.1, 0.15) is 36.8 Å². The molecule has 0 saturated carbocycles. The van der Waals surface area contributed by atoms with Gasteiger partial charge in [0, 0.05) is 19.8 Å². The monoisotopic (exact) mass is 306 g/mol. The van der Waals surface area contributed by atoms with E-state index in [2.05, 4.69) is 18.8 Å². The molecule has 1 heterocycles. The number of thiazole rings is 1. The molecule has 1 unspecified atom stereocenters. The highest BCUT2D eigenvalue weighted by molar-refractivity contribution is 7.90. The zero-order valence-corrected chi connectivity index (χ0v) is 13.5. The molecule has 19 heavy (non-hydrogen) atoms. The van der Waals surface area contributed by atoms with Gasteiger partial charge in [-0.1, -0.05) is 25.2 Å². The van der Waals surface area contributed by atoms with Crippen LogP contribution in [0, 0.1) is 0 Å². The van der Waals surface area contributed by atoms with Crippen molar-refractivity contribution >= 4 is 26.3 Å². The van der Waals surface area contributed by atoms with Crippen LogP contribution in [0.3, 0.4) is 0 Å². The average Bonchev–Trinajstić information content (AvgIpc) is 2.78. The summed E-state index contributed by atoms with van der Waals surface area (Å²) in [5.74, 6) is 0.409. The number of aliphatic hydroxyl groups excluding tert-OH is 1. The lowest BCUT2D eigenvalue weighted by Crippen LogP contribution is -2.24. The molecule has 0 aliphatic rings. The van der Waals surface area contributed by atoms with Crippen LogP contribution in [0.4, 0.5) is 5.13 Å². The molecule has 110 valence electrons. The zero-order chi connectivity index (χ0) is 14.6. The lowest BCUT2D eigenvalue weighted by Gasteiger charge is -2.14. The lowest BCUT2D eigenvalue weighted by atomic mass is 10.0. The van der Waals surface area contributed by atoms with E-state index in [0.29, 0.717) is 12.5 Å². The number of rotatable bonds is 7. The summed E-state index contributed by atoms with van der Waals surface area (Å²) in [7, 11) is -1.15. The van der Waals surface area contributed by atoms with Crippen molar-refractivity contribution in [2.45, 2.75) is 32.8 Å². The molecule has 0 bridgehead atoms. The maximum atomic E-state index is 11.2. The van der Waals surface area contributed by atoms with E-state index in [1.165, 1.54) is 17.6 Å². The highest BCUT2D eigenvalue weighted by Gasteiger charge is 2.18. The zero-order valence-electron chi connectivity index (χ0n) is 11.9. The van der Waals surface area contributed by atoms with Crippen LogP contribution in [0.25, 0.3) is 0 Å². The Morgan fingerprint density at radius 2 is 2.11 bits per heavy atom. The van der Waals surface area contributed by atoms with Crippen molar-refractivity contribution in [3.8, 4) is 0 Å². The molecule has 5 nitrogen and oxygen atoms in total. The standard InChI is InChI=1S/C12H22N2O3S2/c1-5-9(2)11-10(8-15)18-12(13-11)14(3)6-7-19(4,16)17/h9,15H,5-8H2,1-4H3. The predicted octanol–water partition coefficient (Wildman–Crippen LogP) is 1.63. The highest BCUT2D eigenvalue weighted by Crippen LogP contribution is 2.31. The molecule has 0 aliphatic carbocycles. The number of aromatic nitrogens is 1. The summed E-state index contributed by atoms with van der Waals surface area (Å²) in [6.07, 6.45) is 2.19. The van der Waals surface area contributed by atoms with Crippen LogP contribution in [0.2, 0.25) is 0 Å². The van der Waals surface area contributed by atoms with Gasteiger partial charge in [-0.25, -0.2) is 13.4 Å². The minimum absolute atomic E-state index is 0.0166. The molecule has 1 aromatic heterocycles. The average molecular weight is 306 g/mol. The van der Waals surface area contributed by atoms with E-state index in [1.807, 2.05) is 11.9 Å². The smallest absolute Gasteiger partial charge is 0.185 e. The summed E-state index contributed by atoms with van der Waals surface area (Å²) < 4.78 is 22.3. The van der Waals surface area contributed by atoms with Gasteiger partial charge in [0.05, 0.1) is 22.9 Å². The van der Waals surface area contributed by atoms with Gasteiger partial charge in [-0.05, 0) is 12.3 Å². The predicted molar refractivity (Wildman–Crippen MR) is 79.7 cm³/mol. The summed E-state index contributed by atoms with van der Waals surface area (Å²) in [5, 5.41) is 10.1. The van der Waals surface area contributed by atoms with E-state index in [9.17, 15) is 13.5 Å². The summed E-state index contributed by atoms with van der Waals surface area (Å²) in [6, 6.07) is 0. The van der Waals surface area contributed by atoms with Crippen molar-refractivity contribution in [3.05, 3.63) is 10.6 Å². The summed E-state index contributed by atoms with van der Waals surface area (Å²) in [5.41, 5.74) is 0.927. The molecule has 0 aromatic carbocycles. The summed E-state index contributed by atoms with van der Waals surface area (Å²) >= 11 is 1.43. The first-order valence-electron chi connectivity index (χ1n) is 6.27. The van der Waals surface area contributed by atoms with E-state index >= 15 is 0 Å². The Kier molecular flexibility index (Phi) is 5.76. The van der Waals surface area contributed by atoms with Crippen LogP contribution < -0.4 is 4.90 Å². The Morgan fingerprint density at radius 1 is 1.47 bits per heavy atom. The highest BCUT2D eigenvalue weighted by atomic mass is 32.2. The van der Waals surface area contributed by atoms with Gasteiger partial charge in [0.2, 0.25) is 0 Å². The van der Waals surface area contributed by atoms with E-state index in [1.54, 1.807) is 0 Å². The molecule has 1 N–H and O–H groups in total. The van der Waals surface area contributed by atoms with Crippen LogP contribution >= 0.6 is 11.3 Å². The van der Waals surface area contributed by atoms with Gasteiger partial charge < -0.3 is 10.0 Å². The molecule has 7 heteroatoms.